The molecule has 1 fully saturated rings. The normalized spacial score (nSPS) is 14.1. The maximum absolute atomic E-state index is 12.6. The Labute approximate surface area is 221 Å². The minimum Gasteiger partial charge on any atom is -0.495 e. The third-order valence-corrected chi connectivity index (χ3v) is 7.85. The predicted octanol–water partition coefficient (Wildman–Crippen LogP) is 4.46. The third kappa shape index (κ3) is 5.87. The molecule has 1 aliphatic heterocycles. The second kappa shape index (κ2) is 11.6. The van der Waals surface area contributed by atoms with Crippen LogP contribution in [0.2, 0.25) is 0 Å². The predicted molar refractivity (Wildman–Crippen MR) is 149 cm³/mol. The summed E-state index contributed by atoms with van der Waals surface area (Å²) in [6.07, 6.45) is 0.868. The van der Waals surface area contributed by atoms with Crippen molar-refractivity contribution in [1.29, 1.82) is 0 Å². The number of fused-ring (bicyclic) bond motifs is 1. The van der Waals surface area contributed by atoms with Crippen LogP contribution in [0.3, 0.4) is 0 Å². The maximum Gasteiger partial charge on any atom is 0.251 e. The van der Waals surface area contributed by atoms with Crippen molar-refractivity contribution in [3.63, 3.8) is 0 Å². The second-order valence-corrected chi connectivity index (χ2v) is 10.1. The number of piperazine rings is 1. The van der Waals surface area contributed by atoms with E-state index in [4.69, 9.17) is 14.5 Å². The highest BCUT2D eigenvalue weighted by molar-refractivity contribution is 7.22. The topological polar surface area (TPSA) is 66.9 Å². The van der Waals surface area contributed by atoms with Crippen LogP contribution in [-0.2, 0) is 6.42 Å². The van der Waals surface area contributed by atoms with Crippen LogP contribution in [-0.4, -0.2) is 69.3 Å². The Kier molecular flexibility index (Phi) is 7.87. The highest BCUT2D eigenvalue weighted by Gasteiger charge is 2.22. The molecule has 1 aliphatic rings. The number of hydrogen-bond donors (Lipinski definition) is 1. The van der Waals surface area contributed by atoms with Crippen LogP contribution in [0.15, 0.2) is 66.7 Å². The van der Waals surface area contributed by atoms with Crippen LogP contribution in [0.1, 0.15) is 21.5 Å². The summed E-state index contributed by atoms with van der Waals surface area (Å²) >= 11 is 1.64. The van der Waals surface area contributed by atoms with E-state index in [0.29, 0.717) is 12.1 Å². The minimum absolute atomic E-state index is 0.0257. The van der Waals surface area contributed by atoms with E-state index in [2.05, 4.69) is 27.2 Å². The van der Waals surface area contributed by atoms with Crippen LogP contribution in [0, 0.1) is 0 Å². The van der Waals surface area contributed by atoms with E-state index >= 15 is 0 Å². The molecule has 0 spiro atoms. The summed E-state index contributed by atoms with van der Waals surface area (Å²) in [5, 5.41) is 4.06. The van der Waals surface area contributed by atoms with Gasteiger partial charge in [0, 0.05) is 44.8 Å². The molecule has 8 heteroatoms. The monoisotopic (exact) mass is 516 g/mol. The molecule has 4 aromatic rings. The van der Waals surface area contributed by atoms with Gasteiger partial charge in [-0.25, -0.2) is 4.98 Å². The van der Waals surface area contributed by atoms with Gasteiger partial charge >= 0.3 is 0 Å². The largest absolute Gasteiger partial charge is 0.495 e. The highest BCUT2D eigenvalue weighted by Crippen LogP contribution is 2.40. The summed E-state index contributed by atoms with van der Waals surface area (Å²) in [5.41, 5.74) is 4.01. The summed E-state index contributed by atoms with van der Waals surface area (Å²) < 4.78 is 12.0. The standard InChI is InChI=1S/C29H32N4O3S/c1-35-24-12-13-25(36-2)27-26(24)31-29(37-27)33-18-16-32(17-19-33)15-14-30-28(34)23-10-8-22(9-11-23)20-21-6-4-3-5-7-21/h3-13H,14-20H2,1-2H3,(H,30,34). The summed E-state index contributed by atoms with van der Waals surface area (Å²) in [7, 11) is 3.35. The van der Waals surface area contributed by atoms with E-state index in [0.717, 1.165) is 66.0 Å². The first-order valence-corrected chi connectivity index (χ1v) is 13.4. The fourth-order valence-corrected chi connectivity index (χ4v) is 5.73. The molecule has 2 heterocycles. The molecule has 37 heavy (non-hydrogen) atoms. The summed E-state index contributed by atoms with van der Waals surface area (Å²) in [5.74, 6) is 1.56. The smallest absolute Gasteiger partial charge is 0.251 e. The van der Waals surface area contributed by atoms with Gasteiger partial charge in [0.15, 0.2) is 5.13 Å². The van der Waals surface area contributed by atoms with Crippen LogP contribution < -0.4 is 19.7 Å². The van der Waals surface area contributed by atoms with Crippen LogP contribution in [0.25, 0.3) is 10.2 Å². The summed E-state index contributed by atoms with van der Waals surface area (Å²) in [6.45, 7) is 5.08. The maximum atomic E-state index is 12.6. The lowest BCUT2D eigenvalue weighted by Gasteiger charge is -2.34. The number of carbonyl (C=O) groups is 1. The third-order valence-electron chi connectivity index (χ3n) is 6.72. The van der Waals surface area contributed by atoms with Gasteiger partial charge < -0.3 is 19.7 Å². The minimum atomic E-state index is -0.0257. The van der Waals surface area contributed by atoms with Crippen LogP contribution in [0.4, 0.5) is 5.13 Å². The van der Waals surface area contributed by atoms with E-state index in [1.54, 1.807) is 25.6 Å². The molecule has 0 radical (unpaired) electrons. The molecule has 1 saturated heterocycles. The Morgan fingerprint density at radius 2 is 1.57 bits per heavy atom. The van der Waals surface area contributed by atoms with Gasteiger partial charge in [-0.05, 0) is 41.8 Å². The number of ether oxygens (including phenoxy) is 2. The Morgan fingerprint density at radius 3 is 2.27 bits per heavy atom. The number of carbonyl (C=O) groups excluding carboxylic acids is 1. The van der Waals surface area contributed by atoms with Crippen molar-refractivity contribution < 1.29 is 14.3 Å². The first-order valence-electron chi connectivity index (χ1n) is 12.5. The van der Waals surface area contributed by atoms with Gasteiger partial charge in [-0.1, -0.05) is 53.8 Å². The second-order valence-electron chi connectivity index (χ2n) is 9.09. The van der Waals surface area contributed by atoms with Gasteiger partial charge in [0.25, 0.3) is 5.91 Å². The van der Waals surface area contributed by atoms with Gasteiger partial charge in [-0.15, -0.1) is 0 Å². The van der Waals surface area contributed by atoms with Gasteiger partial charge in [0.1, 0.15) is 21.7 Å². The van der Waals surface area contributed by atoms with E-state index in [1.807, 2.05) is 54.6 Å². The lowest BCUT2D eigenvalue weighted by molar-refractivity contribution is 0.0948. The fourth-order valence-electron chi connectivity index (χ4n) is 4.61. The molecule has 1 N–H and O–H groups in total. The molecule has 5 rings (SSSR count). The fraction of sp³-hybridized carbons (Fsp3) is 0.310. The number of methoxy groups -OCH3 is 2. The molecule has 1 amide bonds. The molecule has 192 valence electrons. The van der Waals surface area contributed by atoms with Gasteiger partial charge in [0.2, 0.25) is 0 Å². The molecule has 7 nitrogen and oxygen atoms in total. The molecule has 0 saturated carbocycles. The zero-order valence-corrected chi connectivity index (χ0v) is 22.1. The van der Waals surface area contributed by atoms with Crippen molar-refractivity contribution in [1.82, 2.24) is 15.2 Å². The average Bonchev–Trinajstić information content (AvgIpc) is 3.39. The first-order chi connectivity index (χ1) is 18.1. The average molecular weight is 517 g/mol. The Balaban J connectivity index is 1.09. The molecule has 0 aliphatic carbocycles. The van der Waals surface area contributed by atoms with E-state index in [9.17, 15) is 4.79 Å². The Bertz CT molecular complexity index is 1290. The Hall–Kier alpha value is -3.62. The lowest BCUT2D eigenvalue weighted by atomic mass is 10.0. The van der Waals surface area contributed by atoms with Crippen molar-refractivity contribution in [2.24, 2.45) is 0 Å². The van der Waals surface area contributed by atoms with Gasteiger partial charge in [0.05, 0.1) is 14.2 Å². The number of nitrogens with zero attached hydrogens (tertiary/aromatic N) is 3. The number of hydrogen-bond acceptors (Lipinski definition) is 7. The molecule has 0 atom stereocenters. The molecular weight excluding hydrogens is 484 g/mol. The van der Waals surface area contributed by atoms with Crippen molar-refractivity contribution in [2.75, 3.05) is 58.4 Å². The Morgan fingerprint density at radius 1 is 0.892 bits per heavy atom. The number of aromatic nitrogens is 1. The quantitative estimate of drug-likeness (QED) is 0.354. The number of nitrogens with one attached hydrogen (secondary N) is 1. The number of thiazole rings is 1. The van der Waals surface area contributed by atoms with Crippen molar-refractivity contribution >= 4 is 32.6 Å². The van der Waals surface area contributed by atoms with Crippen molar-refractivity contribution in [3.8, 4) is 11.5 Å². The van der Waals surface area contributed by atoms with Crippen LogP contribution in [0.5, 0.6) is 11.5 Å². The summed E-state index contributed by atoms with van der Waals surface area (Å²) in [6, 6.07) is 22.1. The van der Waals surface area contributed by atoms with Gasteiger partial charge in [-0.3, -0.25) is 9.69 Å². The number of anilines is 1. The zero-order valence-electron chi connectivity index (χ0n) is 21.3. The first kappa shape index (κ1) is 25.0. The number of rotatable bonds is 9. The number of benzene rings is 3. The molecule has 0 bridgehead atoms. The van der Waals surface area contributed by atoms with E-state index in [-0.39, 0.29) is 5.91 Å². The molecule has 0 unspecified atom stereocenters. The van der Waals surface area contributed by atoms with E-state index in [1.165, 1.54) is 11.1 Å². The highest BCUT2D eigenvalue weighted by atomic mass is 32.1. The number of amides is 1. The molecular formula is C29H32N4O3S. The zero-order chi connectivity index (χ0) is 25.6. The van der Waals surface area contributed by atoms with Crippen LogP contribution >= 0.6 is 11.3 Å². The van der Waals surface area contributed by atoms with Gasteiger partial charge in [-0.2, -0.15) is 0 Å². The SMILES string of the molecule is COc1ccc(OC)c2sc(N3CCN(CCNC(=O)c4ccc(Cc5ccccc5)cc4)CC3)nc12. The van der Waals surface area contributed by atoms with E-state index < -0.39 is 0 Å². The van der Waals surface area contributed by atoms with Crippen molar-refractivity contribution in [3.05, 3.63) is 83.4 Å². The lowest BCUT2D eigenvalue weighted by Crippen LogP contribution is -2.48. The summed E-state index contributed by atoms with van der Waals surface area (Å²) in [4.78, 5) is 22.2. The molecule has 3 aromatic carbocycles. The molecule has 1 aromatic heterocycles. The van der Waals surface area contributed by atoms with Crippen molar-refractivity contribution in [2.45, 2.75) is 6.42 Å².